The Labute approximate surface area is 180 Å². The van der Waals surface area contributed by atoms with Crippen LogP contribution in [-0.2, 0) is 14.3 Å². The highest BCUT2D eigenvalue weighted by Gasteiger charge is 2.35. The molecule has 1 atom stereocenters. The second-order valence-electron chi connectivity index (χ2n) is 7.16. The number of nitrogens with one attached hydrogen (secondary N) is 2. The van der Waals surface area contributed by atoms with Crippen molar-refractivity contribution in [1.29, 1.82) is 0 Å². The monoisotopic (exact) mass is 434 g/mol. The second kappa shape index (κ2) is 10.3. The third-order valence-corrected chi connectivity index (χ3v) is 5.11. The molecule has 0 spiro atoms. The SMILES string of the molecule is CCOC(=O)C1=C(CN2CCN(C(=O)OCC)CC2)NC(=O)N[C@H]1c1cccc(F)c1. The second-order valence-corrected chi connectivity index (χ2v) is 7.16. The maximum Gasteiger partial charge on any atom is 0.409 e. The number of piperazine rings is 1. The van der Waals surface area contributed by atoms with Gasteiger partial charge < -0.3 is 25.0 Å². The summed E-state index contributed by atoms with van der Waals surface area (Å²) in [7, 11) is 0. The van der Waals surface area contributed by atoms with Gasteiger partial charge in [0.15, 0.2) is 0 Å². The van der Waals surface area contributed by atoms with Crippen molar-refractivity contribution in [3.05, 3.63) is 46.9 Å². The average molecular weight is 434 g/mol. The molecule has 0 saturated carbocycles. The van der Waals surface area contributed by atoms with Gasteiger partial charge >= 0.3 is 18.1 Å². The van der Waals surface area contributed by atoms with Crippen molar-refractivity contribution in [2.24, 2.45) is 0 Å². The minimum Gasteiger partial charge on any atom is -0.463 e. The van der Waals surface area contributed by atoms with Crippen LogP contribution in [0.4, 0.5) is 14.0 Å². The van der Waals surface area contributed by atoms with Gasteiger partial charge in [0.2, 0.25) is 0 Å². The van der Waals surface area contributed by atoms with Gasteiger partial charge in [-0.25, -0.2) is 18.8 Å². The first kappa shape index (κ1) is 22.5. The zero-order chi connectivity index (χ0) is 22.4. The van der Waals surface area contributed by atoms with Crippen LogP contribution in [0.15, 0.2) is 35.5 Å². The van der Waals surface area contributed by atoms with Gasteiger partial charge in [0.1, 0.15) is 5.82 Å². The zero-order valence-corrected chi connectivity index (χ0v) is 17.7. The Bertz CT molecular complexity index is 867. The van der Waals surface area contributed by atoms with Crippen LogP contribution >= 0.6 is 0 Å². The average Bonchev–Trinajstić information content (AvgIpc) is 2.74. The number of amides is 3. The molecule has 0 radical (unpaired) electrons. The molecule has 2 N–H and O–H groups in total. The summed E-state index contributed by atoms with van der Waals surface area (Å²) in [4.78, 5) is 40.7. The molecule has 0 bridgehead atoms. The lowest BCUT2D eigenvalue weighted by Crippen LogP contribution is -2.52. The van der Waals surface area contributed by atoms with Gasteiger partial charge in [0.25, 0.3) is 0 Å². The van der Waals surface area contributed by atoms with E-state index in [-0.39, 0.29) is 24.8 Å². The maximum atomic E-state index is 13.8. The highest BCUT2D eigenvalue weighted by Crippen LogP contribution is 2.28. The van der Waals surface area contributed by atoms with E-state index in [1.165, 1.54) is 18.2 Å². The molecular formula is C21H27FN4O5. The van der Waals surface area contributed by atoms with Gasteiger partial charge in [-0.05, 0) is 31.5 Å². The molecule has 31 heavy (non-hydrogen) atoms. The highest BCUT2D eigenvalue weighted by molar-refractivity contribution is 5.95. The molecule has 3 amide bonds. The van der Waals surface area contributed by atoms with E-state index in [1.54, 1.807) is 24.8 Å². The van der Waals surface area contributed by atoms with Crippen molar-refractivity contribution >= 4 is 18.1 Å². The molecule has 0 aliphatic carbocycles. The van der Waals surface area contributed by atoms with Gasteiger partial charge in [0.05, 0.1) is 24.8 Å². The number of benzene rings is 1. The van der Waals surface area contributed by atoms with Crippen LogP contribution in [0.2, 0.25) is 0 Å². The van der Waals surface area contributed by atoms with E-state index in [0.717, 1.165) is 0 Å². The van der Waals surface area contributed by atoms with E-state index < -0.39 is 23.9 Å². The number of hydrogen-bond donors (Lipinski definition) is 2. The van der Waals surface area contributed by atoms with Crippen molar-refractivity contribution in [2.45, 2.75) is 19.9 Å². The smallest absolute Gasteiger partial charge is 0.409 e. The van der Waals surface area contributed by atoms with Gasteiger partial charge in [-0.1, -0.05) is 12.1 Å². The lowest BCUT2D eigenvalue weighted by Gasteiger charge is -2.36. The van der Waals surface area contributed by atoms with Crippen molar-refractivity contribution in [1.82, 2.24) is 20.4 Å². The number of ether oxygens (including phenoxy) is 2. The lowest BCUT2D eigenvalue weighted by molar-refractivity contribution is -0.139. The topological polar surface area (TPSA) is 100 Å². The normalized spacial score (nSPS) is 19.5. The third-order valence-electron chi connectivity index (χ3n) is 5.11. The highest BCUT2D eigenvalue weighted by atomic mass is 19.1. The number of esters is 1. The number of nitrogens with zero attached hydrogens (tertiary/aromatic N) is 2. The van der Waals surface area contributed by atoms with Crippen molar-refractivity contribution in [2.75, 3.05) is 45.9 Å². The van der Waals surface area contributed by atoms with E-state index in [0.29, 0.717) is 44.0 Å². The van der Waals surface area contributed by atoms with Crippen LogP contribution in [0.3, 0.4) is 0 Å². The van der Waals surface area contributed by atoms with E-state index in [4.69, 9.17) is 9.47 Å². The standard InChI is InChI=1S/C21H27FN4O5/c1-3-30-19(27)17-16(13-25-8-10-26(11-9-25)21(29)31-4-2)23-20(28)24-18(17)14-6-5-7-15(22)12-14/h5-7,12,18H,3-4,8-11,13H2,1-2H3,(H2,23,24,28)/t18-/m0/s1. The van der Waals surface area contributed by atoms with Crippen LogP contribution in [-0.4, -0.2) is 73.8 Å². The summed E-state index contributed by atoms with van der Waals surface area (Å²) < 4.78 is 24.1. The van der Waals surface area contributed by atoms with Crippen molar-refractivity contribution in [3.63, 3.8) is 0 Å². The molecule has 9 nitrogen and oxygen atoms in total. The minimum absolute atomic E-state index is 0.164. The number of hydrogen-bond acceptors (Lipinski definition) is 6. The molecule has 2 aliphatic heterocycles. The number of halogens is 1. The largest absolute Gasteiger partial charge is 0.463 e. The molecule has 1 aromatic rings. The Morgan fingerprint density at radius 1 is 1.13 bits per heavy atom. The summed E-state index contributed by atoms with van der Waals surface area (Å²) >= 11 is 0. The molecule has 10 heteroatoms. The van der Waals surface area contributed by atoms with E-state index in [9.17, 15) is 18.8 Å². The van der Waals surface area contributed by atoms with E-state index >= 15 is 0 Å². The summed E-state index contributed by atoms with van der Waals surface area (Å²) in [6.45, 7) is 6.25. The van der Waals surface area contributed by atoms with Crippen LogP contribution in [0.5, 0.6) is 0 Å². The number of urea groups is 1. The van der Waals surface area contributed by atoms with Gasteiger partial charge in [-0.2, -0.15) is 0 Å². The zero-order valence-electron chi connectivity index (χ0n) is 17.7. The molecule has 1 aromatic carbocycles. The maximum absolute atomic E-state index is 13.8. The van der Waals surface area contributed by atoms with Crippen LogP contribution < -0.4 is 10.6 Å². The fraction of sp³-hybridized carbons (Fsp3) is 0.476. The molecule has 0 aromatic heterocycles. The predicted molar refractivity (Wildman–Crippen MR) is 110 cm³/mol. The number of carbonyl (C=O) groups excluding carboxylic acids is 3. The van der Waals surface area contributed by atoms with Crippen molar-refractivity contribution < 1.29 is 28.2 Å². The van der Waals surface area contributed by atoms with E-state index in [1.807, 2.05) is 4.90 Å². The first-order valence-corrected chi connectivity index (χ1v) is 10.3. The molecule has 1 fully saturated rings. The van der Waals surface area contributed by atoms with Gasteiger partial charge in [-0.3, -0.25) is 4.90 Å². The Hall–Kier alpha value is -3.14. The van der Waals surface area contributed by atoms with Gasteiger partial charge in [0, 0.05) is 38.4 Å². The Kier molecular flexibility index (Phi) is 7.45. The number of carbonyl (C=O) groups is 3. The Morgan fingerprint density at radius 3 is 2.48 bits per heavy atom. The van der Waals surface area contributed by atoms with Gasteiger partial charge in [-0.15, -0.1) is 0 Å². The van der Waals surface area contributed by atoms with Crippen molar-refractivity contribution in [3.8, 4) is 0 Å². The Balaban J connectivity index is 1.83. The molecular weight excluding hydrogens is 407 g/mol. The third kappa shape index (κ3) is 5.52. The summed E-state index contributed by atoms with van der Waals surface area (Å²) in [6.07, 6.45) is -0.352. The molecule has 2 aliphatic rings. The summed E-state index contributed by atoms with van der Waals surface area (Å²) in [6, 6.07) is 4.43. The molecule has 0 unspecified atom stereocenters. The molecule has 2 heterocycles. The quantitative estimate of drug-likeness (QED) is 0.662. The Morgan fingerprint density at radius 2 is 1.84 bits per heavy atom. The molecule has 3 rings (SSSR count). The van der Waals surface area contributed by atoms with Crippen LogP contribution in [0.1, 0.15) is 25.5 Å². The minimum atomic E-state index is -0.834. The first-order chi connectivity index (χ1) is 14.9. The summed E-state index contributed by atoms with van der Waals surface area (Å²) in [5, 5.41) is 5.40. The fourth-order valence-electron chi connectivity index (χ4n) is 3.66. The van der Waals surface area contributed by atoms with Crippen LogP contribution in [0.25, 0.3) is 0 Å². The lowest BCUT2D eigenvalue weighted by atomic mass is 9.95. The van der Waals surface area contributed by atoms with Crippen LogP contribution in [0, 0.1) is 5.82 Å². The molecule has 1 saturated heterocycles. The number of rotatable bonds is 6. The predicted octanol–water partition coefficient (Wildman–Crippen LogP) is 1.77. The molecule has 168 valence electrons. The summed E-state index contributed by atoms with van der Waals surface area (Å²) in [5.74, 6) is -1.05. The fourth-order valence-corrected chi connectivity index (χ4v) is 3.66. The van der Waals surface area contributed by atoms with E-state index in [2.05, 4.69) is 10.6 Å². The first-order valence-electron chi connectivity index (χ1n) is 10.3. The summed E-state index contributed by atoms with van der Waals surface area (Å²) in [5.41, 5.74) is 1.09.